The summed E-state index contributed by atoms with van der Waals surface area (Å²) in [5, 5.41) is 2.12. The van der Waals surface area contributed by atoms with Crippen molar-refractivity contribution in [3.63, 3.8) is 0 Å². The lowest BCUT2D eigenvalue weighted by Gasteiger charge is -2.29. The molecule has 2 aromatic carbocycles. The van der Waals surface area contributed by atoms with Gasteiger partial charge in [0.05, 0.1) is 16.3 Å². The molecule has 5 nitrogen and oxygen atoms in total. The summed E-state index contributed by atoms with van der Waals surface area (Å²) in [6, 6.07) is 15.6. The van der Waals surface area contributed by atoms with Gasteiger partial charge in [0, 0.05) is 25.0 Å². The van der Waals surface area contributed by atoms with Gasteiger partial charge in [-0.3, -0.25) is 0 Å². The van der Waals surface area contributed by atoms with E-state index in [1.807, 2.05) is 24.3 Å². The van der Waals surface area contributed by atoms with Crippen LogP contribution in [0.4, 0.5) is 5.69 Å². The van der Waals surface area contributed by atoms with Gasteiger partial charge >= 0.3 is 0 Å². The van der Waals surface area contributed by atoms with E-state index in [0.717, 1.165) is 54.0 Å². The molecule has 0 amide bonds. The van der Waals surface area contributed by atoms with Crippen LogP contribution in [0.25, 0.3) is 11.3 Å². The second-order valence-corrected chi connectivity index (χ2v) is 11.7. The van der Waals surface area contributed by atoms with E-state index in [0.29, 0.717) is 23.9 Å². The van der Waals surface area contributed by atoms with Gasteiger partial charge in [-0.25, -0.2) is 13.4 Å². The van der Waals surface area contributed by atoms with Crippen LogP contribution in [0.15, 0.2) is 63.8 Å². The third kappa shape index (κ3) is 5.48. The first kappa shape index (κ1) is 23.9. The van der Waals surface area contributed by atoms with Crippen molar-refractivity contribution in [3.05, 3.63) is 64.3 Å². The molecule has 1 aromatic heterocycles. The lowest BCUT2D eigenvalue weighted by atomic mass is 10.0. The number of piperidine rings is 1. The third-order valence-corrected chi connectivity index (χ3v) is 9.10. The average Bonchev–Trinajstić information content (AvgIpc) is 3.21. The van der Waals surface area contributed by atoms with Gasteiger partial charge < -0.3 is 4.57 Å². The fourth-order valence-electron chi connectivity index (χ4n) is 4.08. The molecule has 3 aromatic rings. The van der Waals surface area contributed by atoms with Gasteiger partial charge in [-0.1, -0.05) is 50.1 Å². The summed E-state index contributed by atoms with van der Waals surface area (Å²) < 4.78 is 30.1. The van der Waals surface area contributed by atoms with Crippen LogP contribution >= 0.6 is 11.3 Å². The number of nitrogens with zero attached hydrogens (tertiary/aromatic N) is 3. The number of unbranched alkanes of at least 4 members (excludes halogenated alkanes) is 1. The highest BCUT2D eigenvalue weighted by molar-refractivity contribution is 7.89. The van der Waals surface area contributed by atoms with E-state index < -0.39 is 10.0 Å². The highest BCUT2D eigenvalue weighted by atomic mass is 32.2. The third-order valence-electron chi connectivity index (χ3n) is 6.32. The zero-order valence-electron chi connectivity index (χ0n) is 19.7. The second kappa shape index (κ2) is 10.4. The normalized spacial score (nSPS) is 16.4. The van der Waals surface area contributed by atoms with Crippen molar-refractivity contribution >= 4 is 27.0 Å². The number of aromatic nitrogens is 1. The molecule has 2 heterocycles. The van der Waals surface area contributed by atoms with Crippen molar-refractivity contribution in [2.45, 2.75) is 57.9 Å². The largest absolute Gasteiger partial charge is 0.316 e. The second-order valence-electron chi connectivity index (χ2n) is 8.97. The highest BCUT2D eigenvalue weighted by Crippen LogP contribution is 2.27. The van der Waals surface area contributed by atoms with Crippen LogP contribution in [0.1, 0.15) is 45.1 Å². The molecule has 0 N–H and O–H groups in total. The molecule has 33 heavy (non-hydrogen) atoms. The van der Waals surface area contributed by atoms with E-state index in [1.165, 1.54) is 5.56 Å². The number of hydrogen-bond acceptors (Lipinski definition) is 4. The van der Waals surface area contributed by atoms with Crippen molar-refractivity contribution < 1.29 is 8.42 Å². The van der Waals surface area contributed by atoms with Crippen LogP contribution in [-0.2, 0) is 16.6 Å². The Bertz CT molecular complexity index is 1230. The molecule has 4 rings (SSSR count). The number of hydrogen-bond donors (Lipinski definition) is 0. The summed E-state index contributed by atoms with van der Waals surface area (Å²) in [7, 11) is -3.44. The fraction of sp³-hybridized carbons (Fsp3) is 0.423. The molecule has 1 aliphatic rings. The topological polar surface area (TPSA) is 54.7 Å². The van der Waals surface area contributed by atoms with Gasteiger partial charge in [-0.2, -0.15) is 4.31 Å². The maximum Gasteiger partial charge on any atom is 0.243 e. The molecule has 0 spiro atoms. The van der Waals surface area contributed by atoms with Crippen LogP contribution in [0.2, 0.25) is 0 Å². The maximum absolute atomic E-state index is 13.1. The summed E-state index contributed by atoms with van der Waals surface area (Å²) in [6.07, 6.45) is 4.01. The van der Waals surface area contributed by atoms with Gasteiger partial charge in [0.2, 0.25) is 10.0 Å². The molecule has 1 aliphatic heterocycles. The zero-order valence-corrected chi connectivity index (χ0v) is 21.3. The lowest BCUT2D eigenvalue weighted by molar-refractivity contribution is 0.288. The first-order valence-electron chi connectivity index (χ1n) is 11.8. The van der Waals surface area contributed by atoms with Gasteiger partial charge in [-0.05, 0) is 61.9 Å². The molecule has 0 saturated carbocycles. The van der Waals surface area contributed by atoms with Crippen LogP contribution in [0, 0.1) is 12.8 Å². The van der Waals surface area contributed by atoms with E-state index in [9.17, 15) is 8.42 Å². The van der Waals surface area contributed by atoms with Gasteiger partial charge in [-0.15, -0.1) is 11.3 Å². The molecular weight excluding hydrogens is 450 g/mol. The van der Waals surface area contributed by atoms with Crippen molar-refractivity contribution in [2.24, 2.45) is 10.9 Å². The first-order chi connectivity index (χ1) is 15.9. The van der Waals surface area contributed by atoms with Crippen molar-refractivity contribution in [1.82, 2.24) is 8.87 Å². The van der Waals surface area contributed by atoms with Crippen LogP contribution in [0.3, 0.4) is 0 Å². The Labute approximate surface area is 201 Å². The number of sulfonamides is 1. The monoisotopic (exact) mass is 483 g/mol. The molecular formula is C26H33N3O2S2. The lowest BCUT2D eigenvalue weighted by Crippen LogP contribution is -2.37. The minimum absolute atomic E-state index is 0.376. The summed E-state index contributed by atoms with van der Waals surface area (Å²) >= 11 is 1.62. The Morgan fingerprint density at radius 1 is 1.03 bits per heavy atom. The molecule has 0 radical (unpaired) electrons. The van der Waals surface area contributed by atoms with Gasteiger partial charge in [0.25, 0.3) is 0 Å². The summed E-state index contributed by atoms with van der Waals surface area (Å²) in [5.41, 5.74) is 4.25. The van der Waals surface area contributed by atoms with Crippen molar-refractivity contribution in [1.29, 1.82) is 0 Å². The summed E-state index contributed by atoms with van der Waals surface area (Å²) in [4.78, 5) is 6.22. The van der Waals surface area contributed by atoms with E-state index in [-0.39, 0.29) is 0 Å². The Morgan fingerprint density at radius 2 is 1.70 bits per heavy atom. The number of thiazole rings is 1. The standard InChI is InChI=1S/C26H33N3O2S2/c1-4-5-16-29-25(19-32-26(29)27-23-10-6-20(2)7-11-23)22-8-12-24(13-9-22)33(30,31)28-17-14-21(3)15-18-28/h6-13,19,21H,4-5,14-18H2,1-3H3. The zero-order chi connectivity index (χ0) is 23.4. The molecule has 0 atom stereocenters. The minimum Gasteiger partial charge on any atom is -0.316 e. The SMILES string of the molecule is CCCCn1c(-c2ccc(S(=O)(=O)N3CCC(C)CC3)cc2)csc1=Nc1ccc(C)cc1. The highest BCUT2D eigenvalue weighted by Gasteiger charge is 2.28. The molecule has 176 valence electrons. The van der Waals surface area contributed by atoms with Crippen LogP contribution in [0.5, 0.6) is 0 Å². The minimum atomic E-state index is -3.44. The molecule has 7 heteroatoms. The Morgan fingerprint density at radius 3 is 2.33 bits per heavy atom. The summed E-state index contributed by atoms with van der Waals surface area (Å²) in [6.45, 7) is 8.54. The predicted octanol–water partition coefficient (Wildman–Crippen LogP) is 5.98. The van der Waals surface area contributed by atoms with Crippen molar-refractivity contribution in [3.8, 4) is 11.3 Å². The van der Waals surface area contributed by atoms with E-state index in [1.54, 1.807) is 27.8 Å². The predicted molar refractivity (Wildman–Crippen MR) is 136 cm³/mol. The van der Waals surface area contributed by atoms with Crippen LogP contribution < -0.4 is 4.80 Å². The quantitative estimate of drug-likeness (QED) is 0.415. The van der Waals surface area contributed by atoms with Crippen molar-refractivity contribution in [2.75, 3.05) is 13.1 Å². The Kier molecular flexibility index (Phi) is 7.51. The van der Waals surface area contributed by atoms with Crippen LogP contribution in [-0.4, -0.2) is 30.4 Å². The van der Waals surface area contributed by atoms with E-state index in [4.69, 9.17) is 4.99 Å². The van der Waals surface area contributed by atoms with Gasteiger partial charge in [0.1, 0.15) is 0 Å². The molecule has 0 aliphatic carbocycles. The molecule has 1 fully saturated rings. The number of rotatable bonds is 7. The number of benzene rings is 2. The Hall–Kier alpha value is -2.22. The summed E-state index contributed by atoms with van der Waals surface area (Å²) in [5.74, 6) is 0.593. The molecule has 1 saturated heterocycles. The van der Waals surface area contributed by atoms with E-state index >= 15 is 0 Å². The fourth-order valence-corrected chi connectivity index (χ4v) is 6.51. The Balaban J connectivity index is 1.65. The molecule has 0 bridgehead atoms. The maximum atomic E-state index is 13.1. The van der Waals surface area contributed by atoms with Gasteiger partial charge in [0.15, 0.2) is 4.80 Å². The molecule has 0 unspecified atom stereocenters. The first-order valence-corrected chi connectivity index (χ1v) is 14.1. The smallest absolute Gasteiger partial charge is 0.243 e. The average molecular weight is 484 g/mol. The van der Waals surface area contributed by atoms with E-state index in [2.05, 4.69) is 42.9 Å². The number of aryl methyl sites for hydroxylation is 1.